The van der Waals surface area contributed by atoms with E-state index in [9.17, 15) is 19.5 Å². The SMILES string of the molecule is COCCCCn1c(C(=O)N(CC(C)C)[C@H]2C[C@@H](C(=O)N3CCOCC3)CN(C(=O)O)C2C(C)(C)C)cnc1-c1ccccc1. The number of nitrogens with zero attached hydrogens (tertiary/aromatic N) is 5. The lowest BCUT2D eigenvalue weighted by Gasteiger charge is -2.52. The van der Waals surface area contributed by atoms with Crippen molar-refractivity contribution in [2.75, 3.05) is 53.1 Å². The van der Waals surface area contributed by atoms with Gasteiger partial charge >= 0.3 is 6.09 Å². The summed E-state index contributed by atoms with van der Waals surface area (Å²) in [5, 5.41) is 10.5. The first-order valence-electron chi connectivity index (χ1n) is 16.2. The quantitative estimate of drug-likeness (QED) is 0.359. The van der Waals surface area contributed by atoms with Crippen LogP contribution in [0.25, 0.3) is 11.4 Å². The van der Waals surface area contributed by atoms with Crippen LogP contribution in [0.15, 0.2) is 36.5 Å². The summed E-state index contributed by atoms with van der Waals surface area (Å²) in [6, 6.07) is 8.79. The second-order valence-corrected chi connectivity index (χ2v) is 13.7. The monoisotopic (exact) mass is 625 g/mol. The summed E-state index contributed by atoms with van der Waals surface area (Å²) in [7, 11) is 1.68. The van der Waals surface area contributed by atoms with Gasteiger partial charge in [0.15, 0.2) is 0 Å². The van der Waals surface area contributed by atoms with Gasteiger partial charge in [-0.05, 0) is 30.6 Å². The number of unbranched alkanes of at least 4 members (excludes halogenated alkanes) is 1. The van der Waals surface area contributed by atoms with E-state index < -0.39 is 29.5 Å². The van der Waals surface area contributed by atoms with E-state index in [0.29, 0.717) is 63.9 Å². The third-order valence-corrected chi connectivity index (χ3v) is 8.76. The van der Waals surface area contributed by atoms with E-state index in [0.717, 1.165) is 18.4 Å². The number of amides is 3. The van der Waals surface area contributed by atoms with Gasteiger partial charge in [0.05, 0.1) is 37.4 Å². The van der Waals surface area contributed by atoms with Crippen molar-refractivity contribution < 1.29 is 29.0 Å². The third kappa shape index (κ3) is 8.24. The molecule has 3 atom stereocenters. The largest absolute Gasteiger partial charge is 0.465 e. The van der Waals surface area contributed by atoms with Crippen molar-refractivity contribution in [1.82, 2.24) is 24.3 Å². The molecule has 2 aliphatic heterocycles. The molecule has 2 aliphatic rings. The van der Waals surface area contributed by atoms with Crippen molar-refractivity contribution >= 4 is 17.9 Å². The molecule has 2 aromatic rings. The van der Waals surface area contributed by atoms with Crippen LogP contribution in [0.1, 0.15) is 64.4 Å². The minimum Gasteiger partial charge on any atom is -0.465 e. The van der Waals surface area contributed by atoms with E-state index in [1.807, 2.05) is 60.6 Å². The summed E-state index contributed by atoms with van der Waals surface area (Å²) >= 11 is 0. The summed E-state index contributed by atoms with van der Waals surface area (Å²) in [5.74, 6) is -0.0223. The van der Waals surface area contributed by atoms with Crippen LogP contribution in [0, 0.1) is 17.3 Å². The van der Waals surface area contributed by atoms with Crippen molar-refractivity contribution in [1.29, 1.82) is 0 Å². The molecule has 1 aromatic carbocycles. The van der Waals surface area contributed by atoms with Gasteiger partial charge in [0.2, 0.25) is 5.91 Å². The maximum atomic E-state index is 14.8. The Balaban J connectivity index is 1.78. The number of carboxylic acid groups (broad SMARTS) is 1. The topological polar surface area (TPSA) is 117 Å². The van der Waals surface area contributed by atoms with E-state index in [4.69, 9.17) is 14.5 Å². The number of benzene rings is 1. The zero-order valence-electron chi connectivity index (χ0n) is 27.8. The van der Waals surface area contributed by atoms with E-state index in [-0.39, 0.29) is 24.3 Å². The molecule has 3 heterocycles. The van der Waals surface area contributed by atoms with Crippen molar-refractivity contribution in [3.63, 3.8) is 0 Å². The molecule has 45 heavy (non-hydrogen) atoms. The first-order chi connectivity index (χ1) is 21.4. The highest BCUT2D eigenvalue weighted by molar-refractivity contribution is 5.94. The number of piperidine rings is 1. The Labute approximate surface area is 267 Å². The number of imidazole rings is 1. The zero-order valence-corrected chi connectivity index (χ0v) is 27.8. The molecule has 0 bridgehead atoms. The number of aromatic nitrogens is 2. The fourth-order valence-electron chi connectivity index (χ4n) is 6.83. The number of rotatable bonds is 11. The van der Waals surface area contributed by atoms with Gasteiger partial charge < -0.3 is 33.8 Å². The highest BCUT2D eigenvalue weighted by atomic mass is 16.5. The van der Waals surface area contributed by atoms with Crippen molar-refractivity contribution in [3.05, 3.63) is 42.2 Å². The third-order valence-electron chi connectivity index (χ3n) is 8.76. The Morgan fingerprint density at radius 3 is 2.40 bits per heavy atom. The Hall–Kier alpha value is -3.44. The van der Waals surface area contributed by atoms with E-state index >= 15 is 0 Å². The van der Waals surface area contributed by atoms with Gasteiger partial charge in [-0.2, -0.15) is 0 Å². The Morgan fingerprint density at radius 1 is 1.11 bits per heavy atom. The van der Waals surface area contributed by atoms with Crippen LogP contribution in [0.4, 0.5) is 4.79 Å². The Bertz CT molecular complexity index is 1280. The number of likely N-dealkylation sites (tertiary alicyclic amines) is 1. The summed E-state index contributed by atoms with van der Waals surface area (Å²) in [4.78, 5) is 51.2. The number of carbonyl (C=O) groups is 3. The summed E-state index contributed by atoms with van der Waals surface area (Å²) < 4.78 is 12.7. The lowest BCUT2D eigenvalue weighted by Crippen LogP contribution is -2.66. The molecule has 0 radical (unpaired) electrons. The normalized spacial score (nSPS) is 20.8. The second kappa shape index (κ2) is 15.2. The molecule has 2 fully saturated rings. The van der Waals surface area contributed by atoms with Gasteiger partial charge in [-0.3, -0.25) is 9.59 Å². The van der Waals surface area contributed by atoms with Crippen LogP contribution in [0.5, 0.6) is 0 Å². The van der Waals surface area contributed by atoms with Crippen LogP contribution in [0.2, 0.25) is 0 Å². The predicted octanol–water partition coefficient (Wildman–Crippen LogP) is 4.72. The van der Waals surface area contributed by atoms with Crippen LogP contribution < -0.4 is 0 Å². The first-order valence-corrected chi connectivity index (χ1v) is 16.2. The molecule has 0 aliphatic carbocycles. The number of ether oxygens (including phenoxy) is 2. The van der Waals surface area contributed by atoms with Gasteiger partial charge in [-0.1, -0.05) is 65.0 Å². The van der Waals surface area contributed by atoms with E-state index in [1.165, 1.54) is 4.90 Å². The van der Waals surface area contributed by atoms with Crippen molar-refractivity contribution in [2.45, 2.75) is 72.5 Å². The molecule has 4 rings (SSSR count). The summed E-state index contributed by atoms with van der Waals surface area (Å²) in [6.07, 6.45) is 2.58. The van der Waals surface area contributed by atoms with Crippen LogP contribution >= 0.6 is 0 Å². The Morgan fingerprint density at radius 2 is 1.80 bits per heavy atom. The fraction of sp³-hybridized carbons (Fsp3) is 0.647. The maximum absolute atomic E-state index is 14.8. The summed E-state index contributed by atoms with van der Waals surface area (Å²) in [5.41, 5.74) is 0.876. The molecule has 248 valence electrons. The number of hydrogen-bond acceptors (Lipinski definition) is 6. The lowest BCUT2D eigenvalue weighted by atomic mass is 9.74. The predicted molar refractivity (Wildman–Crippen MR) is 172 cm³/mol. The molecular formula is C34H51N5O6. The molecule has 2 saturated heterocycles. The summed E-state index contributed by atoms with van der Waals surface area (Å²) in [6.45, 7) is 13.7. The number of morpholine rings is 1. The standard InChI is InChI=1S/C34H51N5O6/c1-24(2)22-38(32(41)28-21-35-30(25-12-8-7-9-13-25)37(28)14-10-11-17-44-6)27-20-26(31(40)36-15-18-45-19-16-36)23-39(33(42)43)29(27)34(3,4)5/h7-9,12-13,21,24,26-27,29H,10-11,14-20,22-23H2,1-6H3,(H,42,43)/t26-,27+,29?/m1/s1. The Kier molecular flexibility index (Phi) is 11.7. The molecule has 0 spiro atoms. The number of carbonyl (C=O) groups excluding carboxylic acids is 2. The minimum atomic E-state index is -1.08. The van der Waals surface area contributed by atoms with Gasteiger partial charge in [-0.25, -0.2) is 9.78 Å². The second-order valence-electron chi connectivity index (χ2n) is 13.7. The number of hydrogen-bond donors (Lipinski definition) is 1. The highest BCUT2D eigenvalue weighted by Crippen LogP contribution is 2.38. The molecule has 1 aromatic heterocycles. The lowest BCUT2D eigenvalue weighted by molar-refractivity contribution is -0.144. The van der Waals surface area contributed by atoms with Crippen molar-refractivity contribution in [3.8, 4) is 11.4 Å². The van der Waals surface area contributed by atoms with Crippen LogP contribution in [-0.4, -0.2) is 112 Å². The molecular weight excluding hydrogens is 574 g/mol. The van der Waals surface area contributed by atoms with Crippen molar-refractivity contribution in [2.24, 2.45) is 17.3 Å². The van der Waals surface area contributed by atoms with Crippen LogP contribution in [-0.2, 0) is 20.8 Å². The van der Waals surface area contributed by atoms with Gasteiger partial charge in [0.25, 0.3) is 5.91 Å². The molecule has 0 saturated carbocycles. The van der Waals surface area contributed by atoms with Gasteiger partial charge in [0, 0.05) is 52.0 Å². The minimum absolute atomic E-state index is 0.0756. The molecule has 3 amide bonds. The molecule has 1 N–H and O–H groups in total. The molecule has 1 unspecified atom stereocenters. The van der Waals surface area contributed by atoms with E-state index in [1.54, 1.807) is 18.2 Å². The highest BCUT2D eigenvalue weighted by Gasteiger charge is 2.50. The average molecular weight is 626 g/mol. The fourth-order valence-corrected chi connectivity index (χ4v) is 6.83. The zero-order chi connectivity index (χ0) is 32.7. The molecule has 11 heteroatoms. The number of methoxy groups -OCH3 is 1. The van der Waals surface area contributed by atoms with Gasteiger partial charge in [-0.15, -0.1) is 0 Å². The van der Waals surface area contributed by atoms with E-state index in [2.05, 4.69) is 13.8 Å². The van der Waals surface area contributed by atoms with Crippen LogP contribution in [0.3, 0.4) is 0 Å². The first kappa shape index (κ1) is 34.4. The smallest absolute Gasteiger partial charge is 0.407 e. The molecule has 11 nitrogen and oxygen atoms in total. The van der Waals surface area contributed by atoms with Gasteiger partial charge in [0.1, 0.15) is 11.5 Å². The maximum Gasteiger partial charge on any atom is 0.407 e. The average Bonchev–Trinajstić information content (AvgIpc) is 3.44.